The molecule has 0 spiro atoms. The van der Waals surface area contributed by atoms with Crippen LogP contribution in [0.2, 0.25) is 0 Å². The van der Waals surface area contributed by atoms with Crippen LogP contribution >= 0.6 is 0 Å². The Morgan fingerprint density at radius 3 is 2.63 bits per heavy atom. The normalized spacial score (nSPS) is 12.3. The van der Waals surface area contributed by atoms with E-state index in [0.29, 0.717) is 11.7 Å². The van der Waals surface area contributed by atoms with E-state index >= 15 is 0 Å². The predicted molar refractivity (Wildman–Crippen MR) is 75.3 cm³/mol. The third-order valence-electron chi connectivity index (χ3n) is 3.21. The van der Waals surface area contributed by atoms with Gasteiger partial charge in [0.05, 0.1) is 12.6 Å². The van der Waals surface area contributed by atoms with Crippen LogP contribution < -0.4 is 4.74 Å². The Morgan fingerprint density at radius 1 is 1.37 bits per heavy atom. The van der Waals surface area contributed by atoms with Crippen LogP contribution in [0.25, 0.3) is 0 Å². The lowest BCUT2D eigenvalue weighted by atomic mass is 10.0. The molecule has 0 bridgehead atoms. The fraction of sp³-hybridized carbons (Fsp3) is 0.533. The molecule has 0 radical (unpaired) electrons. The number of hydrogen-bond acceptors (Lipinski definition) is 3. The van der Waals surface area contributed by atoms with E-state index in [0.717, 1.165) is 0 Å². The Kier molecular flexibility index (Phi) is 5.83. The number of carbonyl (C=O) groups is 1. The molecule has 0 aromatic heterocycles. The maximum atomic E-state index is 11.8. The maximum Gasteiger partial charge on any atom is 0.260 e. The average Bonchev–Trinajstić information content (AvgIpc) is 2.43. The minimum atomic E-state index is -0.196. The molecule has 0 aliphatic heterocycles. The zero-order chi connectivity index (χ0) is 14.4. The van der Waals surface area contributed by atoms with E-state index in [2.05, 4.69) is 13.8 Å². The first-order valence-corrected chi connectivity index (χ1v) is 6.55. The second kappa shape index (κ2) is 7.14. The number of likely N-dealkylation sites (N-methyl/N-ethyl adjacent to an activating group) is 1. The Balaban J connectivity index is 2.57. The highest BCUT2D eigenvalue weighted by atomic mass is 16.5. The van der Waals surface area contributed by atoms with Gasteiger partial charge in [-0.15, -0.1) is 0 Å². The first-order chi connectivity index (χ1) is 8.95. The van der Waals surface area contributed by atoms with Crippen LogP contribution in [0.4, 0.5) is 0 Å². The molecule has 0 heterocycles. The molecule has 1 rings (SSSR count). The van der Waals surface area contributed by atoms with Gasteiger partial charge in [0, 0.05) is 7.05 Å². The van der Waals surface area contributed by atoms with Crippen LogP contribution in [0.15, 0.2) is 24.3 Å². The number of ether oxygens (including phenoxy) is 1. The minimum Gasteiger partial charge on any atom is -0.484 e. The van der Waals surface area contributed by atoms with Crippen LogP contribution in [0.5, 0.6) is 5.75 Å². The van der Waals surface area contributed by atoms with Gasteiger partial charge in [-0.1, -0.05) is 26.0 Å². The van der Waals surface area contributed by atoms with E-state index in [1.165, 1.54) is 10.5 Å². The topological polar surface area (TPSA) is 49.8 Å². The van der Waals surface area contributed by atoms with Gasteiger partial charge in [-0.25, -0.2) is 0 Å². The number of rotatable bonds is 6. The number of nitrogens with zero attached hydrogens (tertiary/aromatic N) is 1. The number of carbonyl (C=O) groups excluding carboxylic acids is 1. The van der Waals surface area contributed by atoms with Gasteiger partial charge in [0.15, 0.2) is 6.61 Å². The van der Waals surface area contributed by atoms with Gasteiger partial charge in [-0.3, -0.25) is 4.79 Å². The smallest absolute Gasteiger partial charge is 0.260 e. The van der Waals surface area contributed by atoms with Crippen molar-refractivity contribution in [2.45, 2.75) is 32.7 Å². The molecule has 4 nitrogen and oxygen atoms in total. The standard InChI is InChI=1S/C15H23NO3/c1-11(2)13-6-5-7-14(8-13)19-10-15(18)16(4)12(3)9-17/h5-8,11-12,17H,9-10H2,1-4H3. The fourth-order valence-corrected chi connectivity index (χ4v) is 1.58. The number of aliphatic hydroxyl groups is 1. The zero-order valence-electron chi connectivity index (χ0n) is 12.1. The minimum absolute atomic E-state index is 0.0115. The summed E-state index contributed by atoms with van der Waals surface area (Å²) < 4.78 is 5.50. The maximum absolute atomic E-state index is 11.8. The van der Waals surface area contributed by atoms with Gasteiger partial charge in [0.25, 0.3) is 5.91 Å². The van der Waals surface area contributed by atoms with Gasteiger partial charge in [-0.2, -0.15) is 0 Å². The van der Waals surface area contributed by atoms with E-state index in [-0.39, 0.29) is 25.2 Å². The third-order valence-corrected chi connectivity index (χ3v) is 3.21. The molecule has 1 aromatic rings. The van der Waals surface area contributed by atoms with Crippen molar-refractivity contribution in [3.8, 4) is 5.75 Å². The predicted octanol–water partition coefficient (Wildman–Crippen LogP) is 2.03. The Hall–Kier alpha value is -1.55. The van der Waals surface area contributed by atoms with Crippen LogP contribution in [0.1, 0.15) is 32.3 Å². The Labute approximate surface area is 115 Å². The molecule has 0 saturated heterocycles. The van der Waals surface area contributed by atoms with E-state index in [4.69, 9.17) is 9.84 Å². The molecule has 19 heavy (non-hydrogen) atoms. The number of amides is 1. The van der Waals surface area contributed by atoms with Crippen molar-refractivity contribution >= 4 is 5.91 Å². The van der Waals surface area contributed by atoms with Gasteiger partial charge < -0.3 is 14.7 Å². The van der Waals surface area contributed by atoms with Gasteiger partial charge in [0.1, 0.15) is 5.75 Å². The van der Waals surface area contributed by atoms with Gasteiger partial charge in [0.2, 0.25) is 0 Å². The lowest BCUT2D eigenvalue weighted by Gasteiger charge is -2.23. The monoisotopic (exact) mass is 265 g/mol. The highest BCUT2D eigenvalue weighted by Gasteiger charge is 2.15. The van der Waals surface area contributed by atoms with Crippen molar-refractivity contribution in [1.29, 1.82) is 0 Å². The molecule has 4 heteroatoms. The summed E-state index contributed by atoms with van der Waals surface area (Å²) in [7, 11) is 1.66. The summed E-state index contributed by atoms with van der Waals surface area (Å²) in [6, 6.07) is 7.56. The first kappa shape index (κ1) is 15.5. The highest BCUT2D eigenvalue weighted by molar-refractivity contribution is 5.77. The lowest BCUT2D eigenvalue weighted by Crippen LogP contribution is -2.40. The first-order valence-electron chi connectivity index (χ1n) is 6.55. The van der Waals surface area contributed by atoms with Crippen LogP contribution in [0.3, 0.4) is 0 Å². The number of benzene rings is 1. The highest BCUT2D eigenvalue weighted by Crippen LogP contribution is 2.20. The zero-order valence-corrected chi connectivity index (χ0v) is 12.1. The van der Waals surface area contributed by atoms with Crippen molar-refractivity contribution in [3.63, 3.8) is 0 Å². The summed E-state index contributed by atoms with van der Waals surface area (Å²) in [5.74, 6) is 0.984. The molecule has 0 saturated carbocycles. The summed E-state index contributed by atoms with van der Waals surface area (Å²) in [5.41, 5.74) is 1.18. The summed E-state index contributed by atoms with van der Waals surface area (Å²) in [4.78, 5) is 13.3. The average molecular weight is 265 g/mol. The van der Waals surface area contributed by atoms with E-state index in [1.807, 2.05) is 24.3 Å². The van der Waals surface area contributed by atoms with Crippen molar-refractivity contribution < 1.29 is 14.6 Å². The molecule has 106 valence electrons. The molecule has 1 amide bonds. The molecular weight excluding hydrogens is 242 g/mol. The van der Waals surface area contributed by atoms with E-state index in [9.17, 15) is 4.79 Å². The summed E-state index contributed by atoms with van der Waals surface area (Å²) >= 11 is 0. The lowest BCUT2D eigenvalue weighted by molar-refractivity contribution is -0.134. The van der Waals surface area contributed by atoms with Crippen molar-refractivity contribution in [2.24, 2.45) is 0 Å². The molecule has 0 aliphatic carbocycles. The molecule has 0 aliphatic rings. The fourth-order valence-electron chi connectivity index (χ4n) is 1.58. The Bertz CT molecular complexity index is 418. The van der Waals surface area contributed by atoms with Gasteiger partial charge in [-0.05, 0) is 30.5 Å². The summed E-state index contributed by atoms with van der Waals surface area (Å²) in [5, 5.41) is 9.00. The third kappa shape index (κ3) is 4.56. The second-order valence-electron chi connectivity index (χ2n) is 5.05. The van der Waals surface area contributed by atoms with Crippen molar-refractivity contribution in [2.75, 3.05) is 20.3 Å². The summed E-state index contributed by atoms with van der Waals surface area (Å²) in [6.45, 7) is 5.95. The molecule has 1 aromatic carbocycles. The van der Waals surface area contributed by atoms with E-state index < -0.39 is 0 Å². The second-order valence-corrected chi connectivity index (χ2v) is 5.05. The summed E-state index contributed by atoms with van der Waals surface area (Å²) in [6.07, 6.45) is 0. The van der Waals surface area contributed by atoms with Crippen molar-refractivity contribution in [3.05, 3.63) is 29.8 Å². The molecule has 1 N–H and O–H groups in total. The van der Waals surface area contributed by atoms with Crippen LogP contribution in [0, 0.1) is 0 Å². The SMILES string of the molecule is CC(C)c1cccc(OCC(=O)N(C)C(C)CO)c1. The number of aliphatic hydroxyl groups excluding tert-OH is 1. The number of hydrogen-bond donors (Lipinski definition) is 1. The Morgan fingerprint density at radius 2 is 2.05 bits per heavy atom. The van der Waals surface area contributed by atoms with Crippen molar-refractivity contribution in [1.82, 2.24) is 4.90 Å². The van der Waals surface area contributed by atoms with E-state index in [1.54, 1.807) is 14.0 Å². The largest absolute Gasteiger partial charge is 0.484 e. The molecule has 1 atom stereocenters. The van der Waals surface area contributed by atoms with Crippen LogP contribution in [-0.4, -0.2) is 42.2 Å². The molecular formula is C15H23NO3. The van der Waals surface area contributed by atoms with Crippen LogP contribution in [-0.2, 0) is 4.79 Å². The van der Waals surface area contributed by atoms with Gasteiger partial charge >= 0.3 is 0 Å². The molecule has 1 unspecified atom stereocenters. The molecule has 0 fully saturated rings. The quantitative estimate of drug-likeness (QED) is 0.856.